The van der Waals surface area contributed by atoms with Gasteiger partial charge in [0.1, 0.15) is 0 Å². The molecule has 1 saturated heterocycles. The Bertz CT molecular complexity index is 232. The van der Waals surface area contributed by atoms with E-state index in [0.29, 0.717) is 6.04 Å². The quantitative estimate of drug-likeness (QED) is 0.790. The zero-order valence-corrected chi connectivity index (χ0v) is 12.9. The maximum atomic E-state index is 6.17. The summed E-state index contributed by atoms with van der Waals surface area (Å²) >= 11 is 0. The van der Waals surface area contributed by atoms with Gasteiger partial charge in [0.25, 0.3) is 0 Å². The second-order valence-corrected chi connectivity index (χ2v) is 5.96. The lowest BCUT2D eigenvalue weighted by Crippen LogP contribution is -2.55. The molecule has 108 valence electrons. The summed E-state index contributed by atoms with van der Waals surface area (Å²) in [5.41, 5.74) is 6.40. The van der Waals surface area contributed by atoms with Crippen molar-refractivity contribution in [2.45, 2.75) is 64.5 Å². The monoisotopic (exact) mass is 255 g/mol. The van der Waals surface area contributed by atoms with E-state index in [1.807, 2.05) is 0 Å². The van der Waals surface area contributed by atoms with Gasteiger partial charge >= 0.3 is 0 Å². The molecule has 0 spiro atoms. The summed E-state index contributed by atoms with van der Waals surface area (Å²) in [5, 5.41) is 0. The molecular weight excluding hydrogens is 222 g/mol. The van der Waals surface area contributed by atoms with E-state index in [0.717, 1.165) is 6.54 Å². The molecule has 2 atom stereocenters. The molecule has 1 aliphatic rings. The predicted octanol–water partition coefficient (Wildman–Crippen LogP) is 2.31. The van der Waals surface area contributed by atoms with Gasteiger partial charge in [-0.2, -0.15) is 0 Å². The van der Waals surface area contributed by atoms with Gasteiger partial charge in [-0.25, -0.2) is 0 Å². The van der Waals surface area contributed by atoms with Crippen LogP contribution in [0.5, 0.6) is 0 Å². The van der Waals surface area contributed by atoms with E-state index in [1.54, 1.807) is 0 Å². The van der Waals surface area contributed by atoms with Gasteiger partial charge in [-0.1, -0.05) is 20.3 Å². The molecule has 0 radical (unpaired) electrons. The minimum Gasteiger partial charge on any atom is -0.329 e. The van der Waals surface area contributed by atoms with Crippen molar-refractivity contribution in [1.29, 1.82) is 0 Å². The Kier molecular flexibility index (Phi) is 6.61. The molecule has 0 aliphatic carbocycles. The van der Waals surface area contributed by atoms with E-state index in [4.69, 9.17) is 5.73 Å². The zero-order chi connectivity index (χ0) is 13.6. The normalized spacial score (nSPS) is 28.3. The van der Waals surface area contributed by atoms with Crippen LogP contribution in [-0.4, -0.2) is 54.6 Å². The fraction of sp³-hybridized carbons (Fsp3) is 1.00. The fourth-order valence-corrected chi connectivity index (χ4v) is 3.33. The third-order valence-corrected chi connectivity index (χ3v) is 4.95. The van der Waals surface area contributed by atoms with Crippen LogP contribution in [0.1, 0.15) is 52.9 Å². The number of nitrogens with two attached hydrogens (primary N) is 1. The van der Waals surface area contributed by atoms with Crippen molar-refractivity contribution in [3.63, 3.8) is 0 Å². The topological polar surface area (TPSA) is 32.5 Å². The summed E-state index contributed by atoms with van der Waals surface area (Å²) in [4.78, 5) is 5.14. The lowest BCUT2D eigenvalue weighted by Gasteiger charge is -2.44. The summed E-state index contributed by atoms with van der Waals surface area (Å²) in [6.45, 7) is 11.3. The molecule has 3 nitrogen and oxygen atoms in total. The number of nitrogens with zero attached hydrogens (tertiary/aromatic N) is 2. The van der Waals surface area contributed by atoms with Crippen LogP contribution in [0.4, 0.5) is 0 Å². The zero-order valence-electron chi connectivity index (χ0n) is 12.9. The first-order valence-corrected chi connectivity index (χ1v) is 7.75. The van der Waals surface area contributed by atoms with Gasteiger partial charge in [0.05, 0.1) is 0 Å². The van der Waals surface area contributed by atoms with E-state index < -0.39 is 0 Å². The van der Waals surface area contributed by atoms with Crippen LogP contribution < -0.4 is 5.73 Å². The molecule has 1 rings (SSSR count). The maximum Gasteiger partial charge on any atom is 0.0344 e. The highest BCUT2D eigenvalue weighted by molar-refractivity contribution is 4.95. The van der Waals surface area contributed by atoms with Crippen LogP contribution >= 0.6 is 0 Å². The third kappa shape index (κ3) is 3.69. The molecule has 2 N–H and O–H groups in total. The van der Waals surface area contributed by atoms with Crippen LogP contribution in [0.3, 0.4) is 0 Å². The molecule has 0 bridgehead atoms. The van der Waals surface area contributed by atoms with E-state index in [2.05, 4.69) is 37.6 Å². The number of hydrogen-bond acceptors (Lipinski definition) is 3. The molecule has 1 aliphatic heterocycles. The van der Waals surface area contributed by atoms with Gasteiger partial charge in [0.15, 0.2) is 0 Å². The second-order valence-electron chi connectivity index (χ2n) is 5.96. The van der Waals surface area contributed by atoms with E-state index in [9.17, 15) is 0 Å². The fourth-order valence-electron chi connectivity index (χ4n) is 3.33. The van der Waals surface area contributed by atoms with Crippen molar-refractivity contribution < 1.29 is 0 Å². The summed E-state index contributed by atoms with van der Waals surface area (Å²) < 4.78 is 0. The molecule has 0 aromatic rings. The molecule has 1 fully saturated rings. The molecule has 0 saturated carbocycles. The van der Waals surface area contributed by atoms with Crippen LogP contribution in [0, 0.1) is 0 Å². The van der Waals surface area contributed by atoms with Crippen molar-refractivity contribution >= 4 is 0 Å². The highest BCUT2D eigenvalue weighted by Crippen LogP contribution is 2.29. The van der Waals surface area contributed by atoms with Crippen molar-refractivity contribution in [1.82, 2.24) is 9.80 Å². The highest BCUT2D eigenvalue weighted by atomic mass is 15.2. The van der Waals surface area contributed by atoms with Crippen molar-refractivity contribution in [2.75, 3.05) is 33.2 Å². The van der Waals surface area contributed by atoms with Crippen molar-refractivity contribution in [3.05, 3.63) is 0 Å². The second kappa shape index (κ2) is 7.46. The Balaban J connectivity index is 2.71. The van der Waals surface area contributed by atoms with Gasteiger partial charge in [-0.15, -0.1) is 0 Å². The van der Waals surface area contributed by atoms with Crippen LogP contribution in [0.15, 0.2) is 0 Å². The highest BCUT2D eigenvalue weighted by Gasteiger charge is 2.36. The number of likely N-dealkylation sites (N-methyl/N-ethyl adjacent to an activating group) is 1. The van der Waals surface area contributed by atoms with Gasteiger partial charge in [-0.3, -0.25) is 4.90 Å². The largest absolute Gasteiger partial charge is 0.329 e. The van der Waals surface area contributed by atoms with Gasteiger partial charge in [0.2, 0.25) is 0 Å². The molecule has 0 amide bonds. The average molecular weight is 255 g/mol. The van der Waals surface area contributed by atoms with E-state index in [-0.39, 0.29) is 5.54 Å². The predicted molar refractivity (Wildman–Crippen MR) is 79.9 cm³/mol. The lowest BCUT2D eigenvalue weighted by atomic mass is 9.87. The molecule has 3 heteroatoms. The van der Waals surface area contributed by atoms with Crippen LogP contribution in [-0.2, 0) is 0 Å². The summed E-state index contributed by atoms with van der Waals surface area (Å²) in [7, 11) is 2.29. The van der Waals surface area contributed by atoms with Crippen LogP contribution in [0.2, 0.25) is 0 Å². The lowest BCUT2D eigenvalue weighted by molar-refractivity contribution is 0.0656. The minimum absolute atomic E-state index is 0.235. The Morgan fingerprint density at radius 3 is 2.56 bits per heavy atom. The van der Waals surface area contributed by atoms with Gasteiger partial charge in [-0.05, 0) is 59.3 Å². The first kappa shape index (κ1) is 15.9. The molecule has 0 aromatic carbocycles. The standard InChI is InChI=1S/C15H33N3/c1-5-8-14(3)17(4)15(13-16)9-7-11-18(6-2)12-10-15/h14H,5-13,16H2,1-4H3. The first-order valence-electron chi connectivity index (χ1n) is 7.75. The Morgan fingerprint density at radius 2 is 2.00 bits per heavy atom. The summed E-state index contributed by atoms with van der Waals surface area (Å²) in [6, 6.07) is 0.645. The molecule has 1 heterocycles. The molecule has 0 aromatic heterocycles. The van der Waals surface area contributed by atoms with Crippen molar-refractivity contribution in [3.8, 4) is 0 Å². The summed E-state index contributed by atoms with van der Waals surface area (Å²) in [5.74, 6) is 0. The molecule has 2 unspecified atom stereocenters. The first-order chi connectivity index (χ1) is 8.59. The molecular formula is C15H33N3. The SMILES string of the molecule is CCCC(C)N(C)C1(CN)CCCN(CC)CC1. The Hall–Kier alpha value is -0.120. The minimum atomic E-state index is 0.235. The molecule has 18 heavy (non-hydrogen) atoms. The van der Waals surface area contributed by atoms with Gasteiger partial charge in [0, 0.05) is 18.1 Å². The Morgan fingerprint density at radius 1 is 1.28 bits per heavy atom. The number of hydrogen-bond donors (Lipinski definition) is 1. The third-order valence-electron chi connectivity index (χ3n) is 4.95. The van der Waals surface area contributed by atoms with Crippen molar-refractivity contribution in [2.24, 2.45) is 5.73 Å². The van der Waals surface area contributed by atoms with E-state index >= 15 is 0 Å². The maximum absolute atomic E-state index is 6.17. The Labute approximate surface area is 114 Å². The smallest absolute Gasteiger partial charge is 0.0344 e. The summed E-state index contributed by atoms with van der Waals surface area (Å²) in [6.07, 6.45) is 6.30. The number of rotatable bonds is 6. The van der Waals surface area contributed by atoms with E-state index in [1.165, 1.54) is 51.7 Å². The average Bonchev–Trinajstić information content (AvgIpc) is 2.61. The van der Waals surface area contributed by atoms with Gasteiger partial charge < -0.3 is 10.6 Å². The number of likely N-dealkylation sites (tertiary alicyclic amines) is 1. The van der Waals surface area contributed by atoms with Crippen LogP contribution in [0.25, 0.3) is 0 Å².